The number of alkyl carbamates (subject to hydrolysis) is 1. The predicted molar refractivity (Wildman–Crippen MR) is 122 cm³/mol. The first-order valence-corrected chi connectivity index (χ1v) is 10.4. The monoisotopic (exact) mass is 456 g/mol. The van der Waals surface area contributed by atoms with Crippen LogP contribution in [0.1, 0.15) is 26.3 Å². The summed E-state index contributed by atoms with van der Waals surface area (Å²) >= 11 is 6.12. The van der Waals surface area contributed by atoms with Gasteiger partial charge in [0.15, 0.2) is 0 Å². The van der Waals surface area contributed by atoms with Crippen LogP contribution in [0.2, 0.25) is 5.15 Å². The second-order valence-electron chi connectivity index (χ2n) is 8.14. The van der Waals surface area contributed by atoms with Gasteiger partial charge in [0.05, 0.1) is 7.11 Å². The lowest BCUT2D eigenvalue weighted by Crippen LogP contribution is -2.45. The van der Waals surface area contributed by atoms with E-state index in [0.717, 1.165) is 16.3 Å². The van der Waals surface area contributed by atoms with Gasteiger partial charge in [0.25, 0.3) is 0 Å². The van der Waals surface area contributed by atoms with E-state index in [0.29, 0.717) is 16.8 Å². The summed E-state index contributed by atoms with van der Waals surface area (Å²) in [5.74, 6) is 0.397. The normalized spacial score (nSPS) is 12.2. The minimum Gasteiger partial charge on any atom is -0.467 e. The summed E-state index contributed by atoms with van der Waals surface area (Å²) in [7, 11) is 1.27. The van der Waals surface area contributed by atoms with Crippen molar-refractivity contribution < 1.29 is 23.8 Å². The zero-order valence-electron chi connectivity index (χ0n) is 18.3. The number of methoxy groups -OCH3 is 1. The molecule has 8 heteroatoms. The Morgan fingerprint density at radius 1 is 1.09 bits per heavy atom. The highest BCUT2D eigenvalue weighted by molar-refractivity contribution is 6.30. The van der Waals surface area contributed by atoms with E-state index in [9.17, 15) is 9.59 Å². The van der Waals surface area contributed by atoms with Gasteiger partial charge in [0, 0.05) is 11.8 Å². The van der Waals surface area contributed by atoms with Crippen molar-refractivity contribution in [1.29, 1.82) is 0 Å². The molecular weight excluding hydrogens is 432 g/mol. The van der Waals surface area contributed by atoms with E-state index in [-0.39, 0.29) is 6.42 Å². The van der Waals surface area contributed by atoms with Gasteiger partial charge >= 0.3 is 12.1 Å². The van der Waals surface area contributed by atoms with E-state index in [2.05, 4.69) is 10.3 Å². The number of nitrogens with one attached hydrogen (secondary N) is 1. The Labute approximate surface area is 191 Å². The molecule has 7 nitrogen and oxygen atoms in total. The summed E-state index contributed by atoms with van der Waals surface area (Å²) in [6, 6.07) is 15.7. The number of hydrogen-bond acceptors (Lipinski definition) is 6. The molecule has 0 saturated carbocycles. The number of aromatic nitrogens is 1. The second-order valence-corrected chi connectivity index (χ2v) is 8.53. The molecule has 32 heavy (non-hydrogen) atoms. The number of carbonyl (C=O) groups is 2. The van der Waals surface area contributed by atoms with Crippen molar-refractivity contribution in [2.45, 2.75) is 38.8 Å². The molecule has 1 amide bonds. The number of pyridine rings is 1. The Bertz CT molecular complexity index is 1110. The Morgan fingerprint density at radius 3 is 2.44 bits per heavy atom. The average Bonchev–Trinajstić information content (AvgIpc) is 2.72. The largest absolute Gasteiger partial charge is 0.467 e. The van der Waals surface area contributed by atoms with Gasteiger partial charge in [-0.05, 0) is 56.0 Å². The van der Waals surface area contributed by atoms with Crippen LogP contribution in [0.4, 0.5) is 4.79 Å². The van der Waals surface area contributed by atoms with E-state index < -0.39 is 23.7 Å². The molecule has 1 heterocycles. The van der Waals surface area contributed by atoms with Gasteiger partial charge in [-0.1, -0.05) is 41.9 Å². The molecule has 0 saturated heterocycles. The van der Waals surface area contributed by atoms with E-state index in [1.165, 1.54) is 7.11 Å². The molecule has 168 valence electrons. The van der Waals surface area contributed by atoms with Crippen molar-refractivity contribution >= 4 is 34.4 Å². The van der Waals surface area contributed by atoms with Gasteiger partial charge in [-0.3, -0.25) is 0 Å². The lowest BCUT2D eigenvalue weighted by Gasteiger charge is -2.22. The van der Waals surface area contributed by atoms with Crippen LogP contribution in [-0.4, -0.2) is 35.8 Å². The second kappa shape index (κ2) is 9.87. The number of amides is 1. The fourth-order valence-corrected chi connectivity index (χ4v) is 3.23. The van der Waals surface area contributed by atoms with Crippen LogP contribution in [0.3, 0.4) is 0 Å². The number of hydrogen-bond donors (Lipinski definition) is 1. The van der Waals surface area contributed by atoms with Crippen LogP contribution in [0, 0.1) is 0 Å². The highest BCUT2D eigenvalue weighted by atomic mass is 35.5. The summed E-state index contributed by atoms with van der Waals surface area (Å²) in [5.41, 5.74) is 0.121. The molecule has 0 radical (unpaired) electrons. The van der Waals surface area contributed by atoms with Crippen LogP contribution in [-0.2, 0) is 20.7 Å². The van der Waals surface area contributed by atoms with E-state index in [1.807, 2.05) is 24.3 Å². The smallest absolute Gasteiger partial charge is 0.408 e. The summed E-state index contributed by atoms with van der Waals surface area (Å²) in [4.78, 5) is 28.5. The van der Waals surface area contributed by atoms with Crippen molar-refractivity contribution in [3.8, 4) is 11.6 Å². The molecule has 0 bridgehead atoms. The maximum Gasteiger partial charge on any atom is 0.408 e. The molecule has 0 fully saturated rings. The zero-order chi connectivity index (χ0) is 23.3. The topological polar surface area (TPSA) is 86.8 Å². The van der Waals surface area contributed by atoms with Crippen LogP contribution in [0.5, 0.6) is 11.6 Å². The highest BCUT2D eigenvalue weighted by Gasteiger charge is 2.25. The lowest BCUT2D eigenvalue weighted by atomic mass is 10.1. The number of halogens is 1. The van der Waals surface area contributed by atoms with Crippen molar-refractivity contribution in [2.24, 2.45) is 0 Å². The molecule has 0 unspecified atom stereocenters. The molecule has 0 aliphatic heterocycles. The molecule has 3 rings (SSSR count). The third kappa shape index (κ3) is 6.34. The van der Waals surface area contributed by atoms with E-state index in [1.54, 1.807) is 51.1 Å². The molecular formula is C24H25ClN2O5. The average molecular weight is 457 g/mol. The molecule has 1 N–H and O–H groups in total. The first-order valence-electron chi connectivity index (χ1n) is 10.0. The van der Waals surface area contributed by atoms with Crippen molar-refractivity contribution in [2.75, 3.05) is 7.11 Å². The maximum absolute atomic E-state index is 12.1. The van der Waals surface area contributed by atoms with Gasteiger partial charge in [-0.15, -0.1) is 0 Å². The quantitative estimate of drug-likeness (QED) is 0.400. The lowest BCUT2D eigenvalue weighted by molar-refractivity contribution is -0.143. The number of esters is 1. The number of ether oxygens (including phenoxy) is 3. The van der Waals surface area contributed by atoms with Gasteiger partial charge < -0.3 is 19.5 Å². The summed E-state index contributed by atoms with van der Waals surface area (Å²) in [6.45, 7) is 5.24. The molecule has 2 aromatic carbocycles. The summed E-state index contributed by atoms with van der Waals surface area (Å²) in [5, 5.41) is 4.66. The minimum absolute atomic E-state index is 0.227. The molecule has 0 spiro atoms. The van der Waals surface area contributed by atoms with Gasteiger partial charge in [-0.2, -0.15) is 0 Å². The Balaban J connectivity index is 1.73. The molecule has 3 aromatic rings. The first kappa shape index (κ1) is 23.3. The zero-order valence-corrected chi connectivity index (χ0v) is 19.1. The van der Waals surface area contributed by atoms with Gasteiger partial charge in [-0.25, -0.2) is 14.6 Å². The summed E-state index contributed by atoms with van der Waals surface area (Å²) in [6.07, 6.45) is -0.461. The molecule has 0 aliphatic rings. The summed E-state index contributed by atoms with van der Waals surface area (Å²) < 4.78 is 16.0. The van der Waals surface area contributed by atoms with E-state index >= 15 is 0 Å². The number of carbonyl (C=O) groups excluding carboxylic acids is 2. The van der Waals surface area contributed by atoms with Crippen LogP contribution in [0.25, 0.3) is 10.8 Å². The third-order valence-electron chi connectivity index (χ3n) is 4.43. The maximum atomic E-state index is 12.1. The van der Waals surface area contributed by atoms with E-state index in [4.69, 9.17) is 25.8 Å². The third-order valence-corrected chi connectivity index (χ3v) is 4.62. The van der Waals surface area contributed by atoms with Crippen molar-refractivity contribution in [1.82, 2.24) is 10.3 Å². The first-order chi connectivity index (χ1) is 15.1. The van der Waals surface area contributed by atoms with Gasteiger partial charge in [0.1, 0.15) is 22.5 Å². The number of benzene rings is 2. The van der Waals surface area contributed by atoms with Crippen LogP contribution < -0.4 is 10.1 Å². The fraction of sp³-hybridized carbons (Fsp3) is 0.292. The van der Waals surface area contributed by atoms with Crippen molar-refractivity contribution in [3.63, 3.8) is 0 Å². The molecule has 0 aliphatic carbocycles. The van der Waals surface area contributed by atoms with Crippen LogP contribution >= 0.6 is 11.6 Å². The minimum atomic E-state index is -0.889. The SMILES string of the molecule is COC(=O)[C@H](Cc1ccc(Oc2nc(Cl)cc3ccccc23)cc1)NC(=O)OC(C)(C)C. The predicted octanol–water partition coefficient (Wildman–Crippen LogP) is 5.29. The number of nitrogens with zero attached hydrogens (tertiary/aromatic N) is 1. The molecule has 1 aromatic heterocycles. The van der Waals surface area contributed by atoms with Crippen LogP contribution in [0.15, 0.2) is 54.6 Å². The fourth-order valence-electron chi connectivity index (χ4n) is 3.04. The standard InChI is InChI=1S/C24H25ClN2O5/c1-24(2,3)32-23(29)26-19(22(28)30-4)13-15-9-11-17(12-10-15)31-21-18-8-6-5-7-16(18)14-20(25)27-21/h5-12,14,19H,13H2,1-4H3,(H,26,29)/t19-/m0/s1. The highest BCUT2D eigenvalue weighted by Crippen LogP contribution is 2.30. The number of fused-ring (bicyclic) bond motifs is 1. The Kier molecular flexibility index (Phi) is 7.20. The Hall–Kier alpha value is -3.32. The Morgan fingerprint density at radius 2 is 1.78 bits per heavy atom. The van der Waals surface area contributed by atoms with Gasteiger partial charge in [0.2, 0.25) is 5.88 Å². The number of rotatable bonds is 6. The van der Waals surface area contributed by atoms with Crippen molar-refractivity contribution in [3.05, 3.63) is 65.3 Å². The molecule has 1 atom stereocenters.